The highest BCUT2D eigenvalue weighted by Crippen LogP contribution is 2.34. The molecule has 1 saturated heterocycles. The van der Waals surface area contributed by atoms with Crippen LogP contribution in [0.4, 0.5) is 10.5 Å². The van der Waals surface area contributed by atoms with E-state index in [1.54, 1.807) is 30.3 Å². The first kappa shape index (κ1) is 30.2. The summed E-state index contributed by atoms with van der Waals surface area (Å²) in [4.78, 5) is 40.0. The van der Waals surface area contributed by atoms with Crippen LogP contribution in [-0.4, -0.2) is 37.7 Å². The number of amides is 4. The lowest BCUT2D eigenvalue weighted by Crippen LogP contribution is -2.54. The molecule has 2 aromatic rings. The molecule has 210 valence electrons. The van der Waals surface area contributed by atoms with Crippen molar-refractivity contribution in [3.8, 4) is 17.2 Å². The minimum Gasteiger partial charge on any atom is -0.493 e. The van der Waals surface area contributed by atoms with Crippen LogP contribution in [0.3, 0.4) is 0 Å². The van der Waals surface area contributed by atoms with Crippen molar-refractivity contribution in [2.45, 2.75) is 65.7 Å². The van der Waals surface area contributed by atoms with Gasteiger partial charge in [0.05, 0.1) is 25.5 Å². The molecule has 8 nitrogen and oxygen atoms in total. The van der Waals surface area contributed by atoms with Crippen LogP contribution in [-0.2, 0) is 9.59 Å². The van der Waals surface area contributed by atoms with Gasteiger partial charge in [-0.15, -0.1) is 0 Å². The molecule has 1 aliphatic rings. The molecule has 9 heteroatoms. The summed E-state index contributed by atoms with van der Waals surface area (Å²) in [5.41, 5.74) is 0.639. The SMILES string of the molecule is CCCCCCCCOc1ccc(Br)cc1/C=C1\C(=O)NC(=O)N(c2ccc(OCCC)c(OCC)c2)C1=O. The number of ether oxygens (including phenoxy) is 3. The molecule has 0 aliphatic carbocycles. The number of barbiturate groups is 1. The zero-order valence-electron chi connectivity index (χ0n) is 22.9. The number of unbranched alkanes of at least 4 members (excludes halogenated alkanes) is 5. The molecule has 1 N–H and O–H groups in total. The second-order valence-corrected chi connectivity index (χ2v) is 10.1. The smallest absolute Gasteiger partial charge is 0.335 e. The minimum atomic E-state index is -0.833. The Morgan fingerprint density at radius 1 is 0.795 bits per heavy atom. The molecule has 0 saturated carbocycles. The first-order valence-corrected chi connectivity index (χ1v) is 14.4. The van der Waals surface area contributed by atoms with E-state index in [-0.39, 0.29) is 11.3 Å². The molecule has 1 aliphatic heterocycles. The summed E-state index contributed by atoms with van der Waals surface area (Å²) in [5.74, 6) is -0.0324. The van der Waals surface area contributed by atoms with Gasteiger partial charge < -0.3 is 14.2 Å². The lowest BCUT2D eigenvalue weighted by Gasteiger charge is -2.27. The maximum Gasteiger partial charge on any atom is 0.335 e. The standard InChI is InChI=1S/C30H37BrN2O6/c1-4-7-8-9-10-11-17-39-25-14-12-22(31)18-21(25)19-24-28(34)32-30(36)33(29(24)35)23-13-15-26(38-16-5-2)27(20-23)37-6-3/h12-15,18-20H,4-11,16-17H2,1-3H3,(H,32,34,36)/b24-19+. The van der Waals surface area contributed by atoms with Gasteiger partial charge in [0.25, 0.3) is 11.8 Å². The van der Waals surface area contributed by atoms with Gasteiger partial charge in [-0.05, 0) is 56.2 Å². The number of halogens is 1. The van der Waals surface area contributed by atoms with Crippen LogP contribution in [0.1, 0.15) is 71.3 Å². The number of hydrogen-bond acceptors (Lipinski definition) is 6. The van der Waals surface area contributed by atoms with Crippen LogP contribution >= 0.6 is 15.9 Å². The van der Waals surface area contributed by atoms with Crippen molar-refractivity contribution in [2.75, 3.05) is 24.7 Å². The number of carbonyl (C=O) groups is 3. The summed E-state index contributed by atoms with van der Waals surface area (Å²) in [6.45, 7) is 7.42. The molecular weight excluding hydrogens is 564 g/mol. The predicted octanol–water partition coefficient (Wildman–Crippen LogP) is 7.04. The average molecular weight is 602 g/mol. The third-order valence-corrected chi connectivity index (χ3v) is 6.57. The van der Waals surface area contributed by atoms with E-state index in [0.717, 1.165) is 28.6 Å². The molecule has 0 unspecified atom stereocenters. The number of anilines is 1. The zero-order valence-corrected chi connectivity index (χ0v) is 24.5. The van der Waals surface area contributed by atoms with Gasteiger partial charge in [-0.2, -0.15) is 0 Å². The number of rotatable bonds is 15. The summed E-state index contributed by atoms with van der Waals surface area (Å²) in [5, 5.41) is 2.27. The van der Waals surface area contributed by atoms with E-state index >= 15 is 0 Å². The molecule has 0 aromatic heterocycles. The van der Waals surface area contributed by atoms with E-state index in [2.05, 4.69) is 28.2 Å². The zero-order chi connectivity index (χ0) is 28.2. The Balaban J connectivity index is 1.85. The highest BCUT2D eigenvalue weighted by atomic mass is 79.9. The van der Waals surface area contributed by atoms with Crippen molar-refractivity contribution in [1.82, 2.24) is 5.32 Å². The average Bonchev–Trinajstić information content (AvgIpc) is 2.91. The van der Waals surface area contributed by atoms with Crippen molar-refractivity contribution >= 4 is 45.5 Å². The van der Waals surface area contributed by atoms with Crippen LogP contribution in [0.5, 0.6) is 17.2 Å². The highest BCUT2D eigenvalue weighted by molar-refractivity contribution is 9.10. The molecule has 39 heavy (non-hydrogen) atoms. The van der Waals surface area contributed by atoms with E-state index in [9.17, 15) is 14.4 Å². The first-order valence-electron chi connectivity index (χ1n) is 13.6. The Labute approximate surface area is 238 Å². The Hall–Kier alpha value is -3.33. The van der Waals surface area contributed by atoms with Crippen LogP contribution in [0.15, 0.2) is 46.4 Å². The molecule has 2 aromatic carbocycles. The second-order valence-electron chi connectivity index (χ2n) is 9.17. The van der Waals surface area contributed by atoms with Crippen molar-refractivity contribution in [2.24, 2.45) is 0 Å². The van der Waals surface area contributed by atoms with Crippen molar-refractivity contribution < 1.29 is 28.6 Å². The summed E-state index contributed by atoms with van der Waals surface area (Å²) >= 11 is 3.45. The van der Waals surface area contributed by atoms with Gasteiger partial charge in [-0.25, -0.2) is 9.69 Å². The third-order valence-electron chi connectivity index (χ3n) is 6.08. The van der Waals surface area contributed by atoms with Gasteiger partial charge in [0.15, 0.2) is 11.5 Å². The lowest BCUT2D eigenvalue weighted by atomic mass is 10.1. The maximum atomic E-state index is 13.5. The van der Waals surface area contributed by atoms with Gasteiger partial charge in [0.2, 0.25) is 0 Å². The second kappa shape index (κ2) is 15.3. The van der Waals surface area contributed by atoms with Gasteiger partial charge in [-0.3, -0.25) is 14.9 Å². The van der Waals surface area contributed by atoms with Crippen LogP contribution < -0.4 is 24.4 Å². The number of hydrogen-bond donors (Lipinski definition) is 1. The normalized spacial score (nSPS) is 14.5. The largest absolute Gasteiger partial charge is 0.493 e. The molecular formula is C30H37BrN2O6. The fourth-order valence-electron chi connectivity index (χ4n) is 4.11. The number of benzene rings is 2. The molecule has 0 bridgehead atoms. The molecule has 4 amide bonds. The summed E-state index contributed by atoms with van der Waals surface area (Å²) in [6, 6.07) is 9.39. The monoisotopic (exact) mass is 600 g/mol. The molecule has 0 radical (unpaired) electrons. The quantitative estimate of drug-likeness (QED) is 0.134. The van der Waals surface area contributed by atoms with E-state index in [4.69, 9.17) is 14.2 Å². The highest BCUT2D eigenvalue weighted by Gasteiger charge is 2.37. The van der Waals surface area contributed by atoms with Crippen molar-refractivity contribution in [3.63, 3.8) is 0 Å². The van der Waals surface area contributed by atoms with Gasteiger partial charge in [0.1, 0.15) is 11.3 Å². The molecule has 0 spiro atoms. The van der Waals surface area contributed by atoms with Crippen molar-refractivity contribution in [3.05, 3.63) is 52.0 Å². The number of carbonyl (C=O) groups excluding carboxylic acids is 3. The van der Waals surface area contributed by atoms with E-state index in [1.165, 1.54) is 31.8 Å². The minimum absolute atomic E-state index is 0.179. The van der Waals surface area contributed by atoms with Crippen LogP contribution in [0, 0.1) is 0 Å². The Morgan fingerprint density at radius 3 is 2.26 bits per heavy atom. The Kier molecular flexibility index (Phi) is 11.9. The molecule has 1 heterocycles. The summed E-state index contributed by atoms with van der Waals surface area (Å²) in [7, 11) is 0. The van der Waals surface area contributed by atoms with E-state index < -0.39 is 17.8 Å². The fraction of sp³-hybridized carbons (Fsp3) is 0.433. The van der Waals surface area contributed by atoms with E-state index in [1.807, 2.05) is 19.9 Å². The third kappa shape index (κ3) is 8.33. The van der Waals surface area contributed by atoms with Crippen LogP contribution in [0.2, 0.25) is 0 Å². The molecule has 0 atom stereocenters. The maximum absolute atomic E-state index is 13.5. The Morgan fingerprint density at radius 2 is 1.51 bits per heavy atom. The number of urea groups is 1. The van der Waals surface area contributed by atoms with Gasteiger partial charge in [-0.1, -0.05) is 61.9 Å². The number of nitrogens with zero attached hydrogens (tertiary/aromatic N) is 1. The van der Waals surface area contributed by atoms with Gasteiger partial charge in [0, 0.05) is 16.1 Å². The van der Waals surface area contributed by atoms with Gasteiger partial charge >= 0.3 is 6.03 Å². The van der Waals surface area contributed by atoms with Crippen LogP contribution in [0.25, 0.3) is 6.08 Å². The first-order chi connectivity index (χ1) is 18.9. The number of nitrogens with one attached hydrogen (secondary N) is 1. The topological polar surface area (TPSA) is 94.2 Å². The fourth-order valence-corrected chi connectivity index (χ4v) is 4.49. The molecule has 1 fully saturated rings. The Bertz CT molecular complexity index is 1200. The lowest BCUT2D eigenvalue weighted by molar-refractivity contribution is -0.122. The molecule has 3 rings (SSSR count). The summed E-state index contributed by atoms with van der Waals surface area (Å²) in [6.07, 6.45) is 9.11. The number of imide groups is 2. The summed E-state index contributed by atoms with van der Waals surface area (Å²) < 4.78 is 18.2. The van der Waals surface area contributed by atoms with E-state index in [0.29, 0.717) is 42.6 Å². The predicted molar refractivity (Wildman–Crippen MR) is 155 cm³/mol. The van der Waals surface area contributed by atoms with Crippen molar-refractivity contribution in [1.29, 1.82) is 0 Å².